The van der Waals surface area contributed by atoms with Crippen molar-refractivity contribution in [3.8, 4) is 5.75 Å². The fourth-order valence-corrected chi connectivity index (χ4v) is 1.79. The predicted octanol–water partition coefficient (Wildman–Crippen LogP) is 0.537. The summed E-state index contributed by atoms with van der Waals surface area (Å²) in [6.07, 6.45) is 3.31. The van der Waals surface area contributed by atoms with Gasteiger partial charge in [-0.1, -0.05) is 12.1 Å². The first-order valence-electron chi connectivity index (χ1n) is 6.29. The molecular weight excluding hydrogens is 262 g/mol. The zero-order valence-corrected chi connectivity index (χ0v) is 11.3. The Morgan fingerprint density at radius 3 is 2.75 bits per heavy atom. The van der Waals surface area contributed by atoms with E-state index in [2.05, 4.69) is 5.10 Å². The van der Waals surface area contributed by atoms with E-state index in [1.54, 1.807) is 17.1 Å². The van der Waals surface area contributed by atoms with Crippen LogP contribution in [0, 0.1) is 5.82 Å². The SMILES string of the molecule is CC(C)Oc1cnn(Cc2ccc(B(O)O)cc2F)c1. The van der Waals surface area contributed by atoms with Gasteiger partial charge in [0.1, 0.15) is 5.82 Å². The summed E-state index contributed by atoms with van der Waals surface area (Å²) < 4.78 is 20.8. The summed E-state index contributed by atoms with van der Waals surface area (Å²) in [5.74, 6) is 0.125. The van der Waals surface area contributed by atoms with Gasteiger partial charge in [-0.25, -0.2) is 4.39 Å². The molecular formula is C13H16BFN2O3. The molecule has 2 rings (SSSR count). The fourth-order valence-electron chi connectivity index (χ4n) is 1.79. The molecule has 106 valence electrons. The van der Waals surface area contributed by atoms with Crippen LogP contribution in [0.3, 0.4) is 0 Å². The van der Waals surface area contributed by atoms with Crippen molar-refractivity contribution in [2.24, 2.45) is 0 Å². The summed E-state index contributed by atoms with van der Waals surface area (Å²) in [5, 5.41) is 22.0. The van der Waals surface area contributed by atoms with Crippen LogP contribution < -0.4 is 10.2 Å². The number of ether oxygens (including phenoxy) is 1. The average Bonchev–Trinajstić information content (AvgIpc) is 2.78. The Kier molecular flexibility index (Phi) is 4.41. The Hall–Kier alpha value is -1.86. The first kappa shape index (κ1) is 14.6. The molecule has 0 atom stereocenters. The molecule has 0 unspecified atom stereocenters. The lowest BCUT2D eigenvalue weighted by atomic mass is 9.80. The molecule has 0 fully saturated rings. The van der Waals surface area contributed by atoms with Crippen LogP contribution in [0.1, 0.15) is 19.4 Å². The zero-order chi connectivity index (χ0) is 14.7. The molecule has 0 spiro atoms. The first-order chi connectivity index (χ1) is 9.45. The van der Waals surface area contributed by atoms with Crippen molar-refractivity contribution in [1.29, 1.82) is 0 Å². The summed E-state index contributed by atoms with van der Waals surface area (Å²) in [4.78, 5) is 0. The van der Waals surface area contributed by atoms with E-state index in [-0.39, 0.29) is 18.1 Å². The normalized spacial score (nSPS) is 10.9. The van der Waals surface area contributed by atoms with Crippen LogP contribution in [-0.4, -0.2) is 33.1 Å². The van der Waals surface area contributed by atoms with Gasteiger partial charge in [0.25, 0.3) is 0 Å². The molecule has 0 amide bonds. The molecule has 1 aromatic heterocycles. The minimum Gasteiger partial charge on any atom is -0.488 e. The quantitative estimate of drug-likeness (QED) is 0.783. The molecule has 1 heterocycles. The molecule has 0 saturated carbocycles. The van der Waals surface area contributed by atoms with Crippen LogP contribution in [0.4, 0.5) is 4.39 Å². The highest BCUT2D eigenvalue weighted by atomic mass is 19.1. The second kappa shape index (κ2) is 6.07. The molecule has 1 aromatic carbocycles. The van der Waals surface area contributed by atoms with Crippen molar-refractivity contribution in [2.45, 2.75) is 26.5 Å². The minimum atomic E-state index is -1.67. The van der Waals surface area contributed by atoms with Crippen LogP contribution in [0.15, 0.2) is 30.6 Å². The van der Waals surface area contributed by atoms with E-state index >= 15 is 0 Å². The molecule has 0 bridgehead atoms. The number of aromatic nitrogens is 2. The summed E-state index contributed by atoms with van der Waals surface area (Å²) in [6.45, 7) is 4.07. The number of halogens is 1. The third kappa shape index (κ3) is 3.58. The Labute approximate surface area is 116 Å². The molecule has 7 heteroatoms. The highest BCUT2D eigenvalue weighted by molar-refractivity contribution is 6.58. The van der Waals surface area contributed by atoms with E-state index in [4.69, 9.17) is 14.8 Å². The van der Waals surface area contributed by atoms with Gasteiger partial charge in [-0.3, -0.25) is 4.68 Å². The zero-order valence-electron chi connectivity index (χ0n) is 11.3. The maximum Gasteiger partial charge on any atom is 0.488 e. The molecule has 5 nitrogen and oxygen atoms in total. The van der Waals surface area contributed by atoms with E-state index in [1.165, 1.54) is 12.1 Å². The van der Waals surface area contributed by atoms with Gasteiger partial charge in [-0.15, -0.1) is 0 Å². The molecule has 0 aliphatic rings. The van der Waals surface area contributed by atoms with E-state index < -0.39 is 12.9 Å². The van der Waals surface area contributed by atoms with Gasteiger partial charge in [0.15, 0.2) is 5.75 Å². The number of hydrogen-bond acceptors (Lipinski definition) is 4. The van der Waals surface area contributed by atoms with Crippen molar-refractivity contribution in [3.63, 3.8) is 0 Å². The maximum absolute atomic E-state index is 13.8. The van der Waals surface area contributed by atoms with Crippen LogP contribution in [0.2, 0.25) is 0 Å². The van der Waals surface area contributed by atoms with Crippen LogP contribution in [0.25, 0.3) is 0 Å². The van der Waals surface area contributed by atoms with E-state index in [0.717, 1.165) is 6.07 Å². The van der Waals surface area contributed by atoms with Crippen molar-refractivity contribution in [2.75, 3.05) is 0 Å². The number of benzene rings is 1. The Balaban J connectivity index is 2.11. The lowest BCUT2D eigenvalue weighted by Crippen LogP contribution is -2.30. The summed E-state index contributed by atoms with van der Waals surface area (Å²) in [5.41, 5.74) is 0.532. The molecule has 2 aromatic rings. The number of nitrogens with zero attached hydrogens (tertiary/aromatic N) is 2. The van der Waals surface area contributed by atoms with Gasteiger partial charge in [0.05, 0.1) is 25.0 Å². The van der Waals surface area contributed by atoms with Crippen LogP contribution >= 0.6 is 0 Å². The Morgan fingerprint density at radius 1 is 1.40 bits per heavy atom. The van der Waals surface area contributed by atoms with E-state index in [0.29, 0.717) is 11.3 Å². The molecule has 0 aliphatic carbocycles. The van der Waals surface area contributed by atoms with Crippen molar-refractivity contribution >= 4 is 12.6 Å². The molecule has 20 heavy (non-hydrogen) atoms. The Bertz CT molecular complexity index is 587. The van der Waals surface area contributed by atoms with Gasteiger partial charge >= 0.3 is 7.12 Å². The van der Waals surface area contributed by atoms with E-state index in [1.807, 2.05) is 13.8 Å². The lowest BCUT2D eigenvalue weighted by molar-refractivity contribution is 0.242. The monoisotopic (exact) mass is 278 g/mol. The maximum atomic E-state index is 13.8. The van der Waals surface area contributed by atoms with Crippen molar-refractivity contribution < 1.29 is 19.2 Å². The van der Waals surface area contributed by atoms with Gasteiger partial charge < -0.3 is 14.8 Å². The third-order valence-electron chi connectivity index (χ3n) is 2.69. The summed E-state index contributed by atoms with van der Waals surface area (Å²) in [7, 11) is -1.67. The smallest absolute Gasteiger partial charge is 0.488 e. The minimum absolute atomic E-state index is 0.0507. The number of hydrogen-bond donors (Lipinski definition) is 2. The topological polar surface area (TPSA) is 67.5 Å². The second-order valence-corrected chi connectivity index (χ2v) is 4.76. The predicted molar refractivity (Wildman–Crippen MR) is 73.3 cm³/mol. The third-order valence-corrected chi connectivity index (χ3v) is 2.69. The summed E-state index contributed by atoms with van der Waals surface area (Å²) in [6, 6.07) is 4.09. The lowest BCUT2D eigenvalue weighted by Gasteiger charge is -2.07. The molecule has 0 radical (unpaired) electrons. The first-order valence-corrected chi connectivity index (χ1v) is 6.29. The van der Waals surface area contributed by atoms with Gasteiger partial charge in [-0.2, -0.15) is 5.10 Å². The largest absolute Gasteiger partial charge is 0.488 e. The van der Waals surface area contributed by atoms with Gasteiger partial charge in [-0.05, 0) is 25.4 Å². The van der Waals surface area contributed by atoms with E-state index in [9.17, 15) is 4.39 Å². The molecule has 2 N–H and O–H groups in total. The summed E-state index contributed by atoms with van der Waals surface area (Å²) >= 11 is 0. The van der Waals surface area contributed by atoms with Gasteiger partial charge in [0.2, 0.25) is 0 Å². The van der Waals surface area contributed by atoms with Crippen molar-refractivity contribution in [3.05, 3.63) is 42.0 Å². The molecule has 0 saturated heterocycles. The fraction of sp³-hybridized carbons (Fsp3) is 0.308. The van der Waals surface area contributed by atoms with Crippen molar-refractivity contribution in [1.82, 2.24) is 9.78 Å². The highest BCUT2D eigenvalue weighted by Gasteiger charge is 2.14. The number of rotatable bonds is 5. The van der Waals surface area contributed by atoms with Gasteiger partial charge in [0, 0.05) is 5.56 Å². The van der Waals surface area contributed by atoms with Crippen LogP contribution in [0.5, 0.6) is 5.75 Å². The Morgan fingerprint density at radius 2 is 2.15 bits per heavy atom. The molecule has 0 aliphatic heterocycles. The van der Waals surface area contributed by atoms with Crippen LogP contribution in [-0.2, 0) is 6.54 Å². The second-order valence-electron chi connectivity index (χ2n) is 4.76. The average molecular weight is 278 g/mol. The standard InChI is InChI=1S/C13H16BFN2O3/c1-9(2)20-12-6-16-17(8-12)7-10-3-4-11(14(18)19)5-13(10)15/h3-6,8-9,18-19H,7H2,1-2H3. The highest BCUT2D eigenvalue weighted by Crippen LogP contribution is 2.13.